The molecule has 0 aliphatic heterocycles. The minimum absolute atomic E-state index is 0.707. The summed E-state index contributed by atoms with van der Waals surface area (Å²) in [5.41, 5.74) is 0.0522. The van der Waals surface area contributed by atoms with Gasteiger partial charge in [-0.05, 0) is 19.1 Å². The summed E-state index contributed by atoms with van der Waals surface area (Å²) in [6.07, 6.45) is 7.03. The average molecular weight is 161 g/mol. The zero-order valence-electron chi connectivity index (χ0n) is 7.24. The molecule has 0 amide bonds. The molecule has 0 saturated carbocycles. The monoisotopic (exact) mass is 161 g/mol. The lowest BCUT2D eigenvalue weighted by Crippen LogP contribution is -2.22. The highest BCUT2D eigenvalue weighted by Gasteiger charge is 2.23. The van der Waals surface area contributed by atoms with E-state index < -0.39 is 5.60 Å². The van der Waals surface area contributed by atoms with Crippen LogP contribution in [0.25, 0.3) is 0 Å². The highest BCUT2D eigenvalue weighted by molar-refractivity contribution is 5.22. The second kappa shape index (κ2) is 3.38. The summed E-state index contributed by atoms with van der Waals surface area (Å²) in [6, 6.07) is 5.58. The maximum Gasteiger partial charge on any atom is 0.167 e. The zero-order chi connectivity index (χ0) is 9.03. The first-order valence-corrected chi connectivity index (χ1v) is 3.67. The topological polar surface area (TPSA) is 22.1 Å². The minimum Gasteiger partial charge on any atom is -0.360 e. The summed E-state index contributed by atoms with van der Waals surface area (Å²) in [5.74, 6) is 2.56. The molecule has 2 nitrogen and oxygen atoms in total. The third-order valence-electron chi connectivity index (χ3n) is 1.84. The largest absolute Gasteiger partial charge is 0.360 e. The molecule has 1 heterocycles. The van der Waals surface area contributed by atoms with E-state index in [9.17, 15) is 0 Å². The average Bonchev–Trinajstić information content (AvgIpc) is 2.18. The van der Waals surface area contributed by atoms with Gasteiger partial charge in [-0.2, -0.15) is 0 Å². The van der Waals surface area contributed by atoms with E-state index in [4.69, 9.17) is 11.2 Å². The predicted molar refractivity (Wildman–Crippen MR) is 47.4 cm³/mol. The summed E-state index contributed by atoms with van der Waals surface area (Å²) in [5, 5.41) is 0. The number of methoxy groups -OCH3 is 1. The molecule has 1 aromatic rings. The van der Waals surface area contributed by atoms with Gasteiger partial charge in [0.1, 0.15) is 0 Å². The van der Waals surface area contributed by atoms with Gasteiger partial charge >= 0.3 is 0 Å². The molecule has 0 aromatic carbocycles. The fourth-order valence-corrected chi connectivity index (χ4v) is 0.882. The van der Waals surface area contributed by atoms with Crippen LogP contribution in [0.5, 0.6) is 0 Å². The molecule has 0 bridgehead atoms. The SMILES string of the molecule is C#CC(C)(OC)c1ccccn1. The lowest BCUT2D eigenvalue weighted by atomic mass is 10.0. The number of aromatic nitrogens is 1. The first-order valence-electron chi connectivity index (χ1n) is 3.67. The molecule has 62 valence electrons. The third kappa shape index (κ3) is 1.46. The van der Waals surface area contributed by atoms with Gasteiger partial charge in [0.15, 0.2) is 5.60 Å². The number of hydrogen-bond donors (Lipinski definition) is 0. The lowest BCUT2D eigenvalue weighted by molar-refractivity contribution is 0.0516. The molecule has 2 heteroatoms. The van der Waals surface area contributed by atoms with Crippen LogP contribution < -0.4 is 0 Å². The van der Waals surface area contributed by atoms with Crippen LogP contribution in [0.15, 0.2) is 24.4 Å². The molecule has 0 aliphatic rings. The zero-order valence-corrected chi connectivity index (χ0v) is 7.24. The Bertz CT molecular complexity index is 288. The van der Waals surface area contributed by atoms with E-state index in [2.05, 4.69) is 10.9 Å². The van der Waals surface area contributed by atoms with Gasteiger partial charge in [0.05, 0.1) is 5.69 Å². The minimum atomic E-state index is -0.707. The molecule has 0 aliphatic carbocycles. The Balaban J connectivity index is 3.06. The van der Waals surface area contributed by atoms with Crippen LogP contribution in [0.4, 0.5) is 0 Å². The van der Waals surface area contributed by atoms with Crippen molar-refractivity contribution in [1.82, 2.24) is 4.98 Å². The number of nitrogens with zero attached hydrogens (tertiary/aromatic N) is 1. The lowest BCUT2D eigenvalue weighted by Gasteiger charge is -2.20. The predicted octanol–water partition coefficient (Wildman–Crippen LogP) is 1.58. The smallest absolute Gasteiger partial charge is 0.167 e. The van der Waals surface area contributed by atoms with Crippen LogP contribution in [-0.4, -0.2) is 12.1 Å². The van der Waals surface area contributed by atoms with Gasteiger partial charge in [-0.25, -0.2) is 0 Å². The van der Waals surface area contributed by atoms with Gasteiger partial charge < -0.3 is 4.74 Å². The van der Waals surface area contributed by atoms with Crippen LogP contribution in [0, 0.1) is 12.3 Å². The van der Waals surface area contributed by atoms with E-state index >= 15 is 0 Å². The van der Waals surface area contributed by atoms with Gasteiger partial charge in [0.2, 0.25) is 0 Å². The van der Waals surface area contributed by atoms with Gasteiger partial charge in [-0.3, -0.25) is 4.98 Å². The van der Waals surface area contributed by atoms with Crippen molar-refractivity contribution in [2.24, 2.45) is 0 Å². The van der Waals surface area contributed by atoms with Crippen molar-refractivity contribution in [1.29, 1.82) is 0 Å². The molecule has 1 unspecified atom stereocenters. The van der Waals surface area contributed by atoms with Gasteiger partial charge in [-0.1, -0.05) is 12.0 Å². The number of hydrogen-bond acceptors (Lipinski definition) is 2. The molecule has 1 rings (SSSR count). The summed E-state index contributed by atoms with van der Waals surface area (Å²) in [7, 11) is 1.58. The molecule has 0 radical (unpaired) electrons. The van der Waals surface area contributed by atoms with E-state index in [-0.39, 0.29) is 0 Å². The molecule has 0 saturated heterocycles. The van der Waals surface area contributed by atoms with Crippen molar-refractivity contribution in [3.63, 3.8) is 0 Å². The molecule has 12 heavy (non-hydrogen) atoms. The molecule has 0 N–H and O–H groups in total. The fraction of sp³-hybridized carbons (Fsp3) is 0.300. The summed E-state index contributed by atoms with van der Waals surface area (Å²) >= 11 is 0. The van der Waals surface area contributed by atoms with E-state index in [0.29, 0.717) is 0 Å². The normalized spacial score (nSPS) is 14.8. The summed E-state index contributed by atoms with van der Waals surface area (Å²) in [6.45, 7) is 1.81. The molecule has 0 fully saturated rings. The summed E-state index contributed by atoms with van der Waals surface area (Å²) in [4.78, 5) is 4.12. The number of rotatable bonds is 2. The highest BCUT2D eigenvalue weighted by Crippen LogP contribution is 2.20. The molecule has 1 aromatic heterocycles. The van der Waals surface area contributed by atoms with Crippen molar-refractivity contribution >= 4 is 0 Å². The van der Waals surface area contributed by atoms with Gasteiger partial charge in [0, 0.05) is 13.3 Å². The third-order valence-corrected chi connectivity index (χ3v) is 1.84. The second-order valence-electron chi connectivity index (χ2n) is 2.60. The van der Waals surface area contributed by atoms with Crippen molar-refractivity contribution in [3.05, 3.63) is 30.1 Å². The first-order chi connectivity index (χ1) is 5.73. The van der Waals surface area contributed by atoms with E-state index in [1.54, 1.807) is 13.3 Å². The summed E-state index contributed by atoms with van der Waals surface area (Å²) < 4.78 is 5.17. The van der Waals surface area contributed by atoms with E-state index in [1.165, 1.54) is 0 Å². The van der Waals surface area contributed by atoms with Crippen LogP contribution in [-0.2, 0) is 10.3 Å². The number of terminal acetylenes is 1. The van der Waals surface area contributed by atoms with Crippen molar-refractivity contribution < 1.29 is 4.74 Å². The molecular formula is C10H11NO. The Kier molecular flexibility index (Phi) is 2.47. The van der Waals surface area contributed by atoms with Crippen molar-refractivity contribution in [3.8, 4) is 12.3 Å². The Morgan fingerprint density at radius 3 is 2.75 bits per heavy atom. The number of ether oxygens (including phenoxy) is 1. The maximum atomic E-state index is 5.33. The molecular weight excluding hydrogens is 150 g/mol. The fourth-order valence-electron chi connectivity index (χ4n) is 0.882. The van der Waals surface area contributed by atoms with E-state index in [1.807, 2.05) is 25.1 Å². The van der Waals surface area contributed by atoms with Crippen LogP contribution in [0.1, 0.15) is 12.6 Å². The van der Waals surface area contributed by atoms with Crippen LogP contribution >= 0.6 is 0 Å². The van der Waals surface area contributed by atoms with Crippen molar-refractivity contribution in [2.45, 2.75) is 12.5 Å². The number of pyridine rings is 1. The maximum absolute atomic E-state index is 5.33. The van der Waals surface area contributed by atoms with E-state index in [0.717, 1.165) is 5.69 Å². The highest BCUT2D eigenvalue weighted by atomic mass is 16.5. The second-order valence-corrected chi connectivity index (χ2v) is 2.60. The Labute approximate surface area is 72.6 Å². The first kappa shape index (κ1) is 8.76. The molecule has 1 atom stereocenters. The standard InChI is InChI=1S/C10H11NO/c1-4-10(2,12-3)9-7-5-6-8-11-9/h1,5-8H,2-3H3. The van der Waals surface area contributed by atoms with Crippen molar-refractivity contribution in [2.75, 3.05) is 7.11 Å². The Morgan fingerprint density at radius 2 is 2.33 bits per heavy atom. The quantitative estimate of drug-likeness (QED) is 0.614. The van der Waals surface area contributed by atoms with Gasteiger partial charge in [-0.15, -0.1) is 6.42 Å². The van der Waals surface area contributed by atoms with Crippen LogP contribution in [0.3, 0.4) is 0 Å². The van der Waals surface area contributed by atoms with Crippen LogP contribution in [0.2, 0.25) is 0 Å². The Hall–Kier alpha value is -1.33. The molecule has 0 spiro atoms. The Morgan fingerprint density at radius 1 is 1.58 bits per heavy atom. The van der Waals surface area contributed by atoms with Gasteiger partial charge in [0.25, 0.3) is 0 Å².